The first-order valence-corrected chi connectivity index (χ1v) is 6.41. The number of hydrogen-bond acceptors (Lipinski definition) is 3. The molecule has 0 radical (unpaired) electrons. The van der Waals surface area contributed by atoms with Gasteiger partial charge in [0, 0.05) is 17.7 Å². The van der Waals surface area contributed by atoms with Crippen molar-refractivity contribution in [3.8, 4) is 0 Å². The third kappa shape index (κ3) is 4.00. The number of hydrogen-bond donors (Lipinski definition) is 0. The fourth-order valence-electron chi connectivity index (χ4n) is 1.73. The highest BCUT2D eigenvalue weighted by Gasteiger charge is 2.13. The standard InChI is InChI=1S/C13H19ClN2O/c1-4-10(5-2)12-11(7-8-17-6-3)9-15-13(14)16-12/h7-10H,4-6H2,1-3H3/b8-7-. The lowest BCUT2D eigenvalue weighted by Gasteiger charge is -2.14. The molecule has 0 spiro atoms. The number of aromatic nitrogens is 2. The van der Waals surface area contributed by atoms with Gasteiger partial charge in [-0.2, -0.15) is 0 Å². The van der Waals surface area contributed by atoms with E-state index in [1.165, 1.54) is 0 Å². The molecule has 0 aliphatic carbocycles. The van der Waals surface area contributed by atoms with Gasteiger partial charge >= 0.3 is 0 Å². The van der Waals surface area contributed by atoms with E-state index in [-0.39, 0.29) is 0 Å². The van der Waals surface area contributed by atoms with Gasteiger partial charge in [0.1, 0.15) is 0 Å². The van der Waals surface area contributed by atoms with Crippen molar-refractivity contribution in [2.75, 3.05) is 6.61 Å². The molecule has 17 heavy (non-hydrogen) atoms. The van der Waals surface area contributed by atoms with Gasteiger partial charge in [-0.1, -0.05) is 13.8 Å². The highest BCUT2D eigenvalue weighted by molar-refractivity contribution is 6.28. The monoisotopic (exact) mass is 254 g/mol. The lowest BCUT2D eigenvalue weighted by molar-refractivity contribution is 0.272. The summed E-state index contributed by atoms with van der Waals surface area (Å²) >= 11 is 5.86. The summed E-state index contributed by atoms with van der Waals surface area (Å²) in [5.74, 6) is 0.414. The number of ether oxygens (including phenoxy) is 1. The zero-order valence-corrected chi connectivity index (χ0v) is 11.4. The van der Waals surface area contributed by atoms with E-state index in [0.717, 1.165) is 24.1 Å². The second-order valence-corrected chi connectivity index (χ2v) is 4.09. The average molecular weight is 255 g/mol. The molecule has 0 aliphatic rings. The Bertz CT molecular complexity index is 376. The third-order valence-corrected chi connectivity index (χ3v) is 2.88. The highest BCUT2D eigenvalue weighted by Crippen LogP contribution is 2.25. The summed E-state index contributed by atoms with van der Waals surface area (Å²) in [6.07, 6.45) is 7.41. The van der Waals surface area contributed by atoms with E-state index in [4.69, 9.17) is 16.3 Å². The minimum atomic E-state index is 0.306. The van der Waals surface area contributed by atoms with Crippen LogP contribution in [0, 0.1) is 0 Å². The average Bonchev–Trinajstić information content (AvgIpc) is 2.33. The Labute approximate surface area is 108 Å². The van der Waals surface area contributed by atoms with Crippen molar-refractivity contribution >= 4 is 17.7 Å². The predicted octanol–water partition coefficient (Wildman–Crippen LogP) is 4.04. The van der Waals surface area contributed by atoms with E-state index in [1.54, 1.807) is 12.5 Å². The van der Waals surface area contributed by atoms with Gasteiger partial charge in [-0.25, -0.2) is 9.97 Å². The number of halogens is 1. The van der Waals surface area contributed by atoms with Crippen LogP contribution in [0.4, 0.5) is 0 Å². The molecule has 0 N–H and O–H groups in total. The molecular formula is C13H19ClN2O. The zero-order chi connectivity index (χ0) is 12.7. The van der Waals surface area contributed by atoms with Crippen LogP contribution in [0.1, 0.15) is 50.8 Å². The van der Waals surface area contributed by atoms with Crippen molar-refractivity contribution in [2.45, 2.75) is 39.5 Å². The van der Waals surface area contributed by atoms with Crippen LogP contribution in [-0.4, -0.2) is 16.6 Å². The SMILES string of the molecule is CCO/C=C\c1cnc(Cl)nc1C(CC)CC. The molecule has 0 bridgehead atoms. The van der Waals surface area contributed by atoms with E-state index in [2.05, 4.69) is 23.8 Å². The normalized spacial score (nSPS) is 11.4. The van der Waals surface area contributed by atoms with E-state index in [9.17, 15) is 0 Å². The molecule has 4 heteroatoms. The van der Waals surface area contributed by atoms with E-state index >= 15 is 0 Å². The Balaban J connectivity index is 3.02. The van der Waals surface area contributed by atoms with Crippen molar-refractivity contribution in [1.82, 2.24) is 9.97 Å². The largest absolute Gasteiger partial charge is 0.501 e. The molecule has 3 nitrogen and oxygen atoms in total. The van der Waals surface area contributed by atoms with Crippen molar-refractivity contribution in [3.63, 3.8) is 0 Å². The van der Waals surface area contributed by atoms with Gasteiger partial charge in [0.25, 0.3) is 0 Å². The van der Waals surface area contributed by atoms with Crippen molar-refractivity contribution < 1.29 is 4.74 Å². The summed E-state index contributed by atoms with van der Waals surface area (Å²) in [4.78, 5) is 8.36. The van der Waals surface area contributed by atoms with Gasteiger partial charge in [-0.3, -0.25) is 0 Å². The van der Waals surface area contributed by atoms with Crippen LogP contribution in [0.25, 0.3) is 6.08 Å². The maximum Gasteiger partial charge on any atom is 0.222 e. The van der Waals surface area contributed by atoms with Gasteiger partial charge in [0.05, 0.1) is 18.6 Å². The Hall–Kier alpha value is -1.09. The molecule has 94 valence electrons. The first-order chi connectivity index (χ1) is 8.22. The van der Waals surface area contributed by atoms with E-state index < -0.39 is 0 Å². The molecule has 0 amide bonds. The first-order valence-electron chi connectivity index (χ1n) is 6.03. The van der Waals surface area contributed by atoms with Crippen molar-refractivity contribution in [2.24, 2.45) is 0 Å². The van der Waals surface area contributed by atoms with E-state index in [0.29, 0.717) is 17.8 Å². The lowest BCUT2D eigenvalue weighted by Crippen LogP contribution is -2.03. The summed E-state index contributed by atoms with van der Waals surface area (Å²) in [6, 6.07) is 0. The van der Waals surface area contributed by atoms with Crippen LogP contribution < -0.4 is 0 Å². The van der Waals surface area contributed by atoms with Crippen LogP contribution in [0.5, 0.6) is 0 Å². The molecule has 0 atom stereocenters. The number of rotatable bonds is 6. The summed E-state index contributed by atoms with van der Waals surface area (Å²) in [7, 11) is 0. The van der Waals surface area contributed by atoms with Crippen molar-refractivity contribution in [1.29, 1.82) is 0 Å². The van der Waals surface area contributed by atoms with Crippen LogP contribution in [-0.2, 0) is 4.74 Å². The fourth-order valence-corrected chi connectivity index (χ4v) is 1.87. The quantitative estimate of drug-likeness (QED) is 0.568. The second kappa shape index (κ2) is 7.28. The minimum Gasteiger partial charge on any atom is -0.501 e. The topological polar surface area (TPSA) is 35.0 Å². The molecular weight excluding hydrogens is 236 g/mol. The van der Waals surface area contributed by atoms with Gasteiger partial charge in [0.15, 0.2) is 0 Å². The second-order valence-electron chi connectivity index (χ2n) is 3.75. The number of nitrogens with zero attached hydrogens (tertiary/aromatic N) is 2. The Morgan fingerprint density at radius 3 is 2.65 bits per heavy atom. The maximum atomic E-state index is 5.86. The smallest absolute Gasteiger partial charge is 0.222 e. The summed E-state index contributed by atoms with van der Waals surface area (Å²) in [5, 5.41) is 0.306. The Morgan fingerprint density at radius 1 is 1.35 bits per heavy atom. The Kier molecular flexibility index (Phi) is 5.98. The predicted molar refractivity (Wildman–Crippen MR) is 71.0 cm³/mol. The molecule has 1 rings (SSSR count). The Morgan fingerprint density at radius 2 is 2.06 bits per heavy atom. The van der Waals surface area contributed by atoms with Crippen LogP contribution >= 0.6 is 11.6 Å². The minimum absolute atomic E-state index is 0.306. The first kappa shape index (κ1) is 14.0. The molecule has 0 unspecified atom stereocenters. The maximum absolute atomic E-state index is 5.86. The molecule has 0 aromatic carbocycles. The highest BCUT2D eigenvalue weighted by atomic mass is 35.5. The zero-order valence-electron chi connectivity index (χ0n) is 10.6. The molecule has 0 saturated heterocycles. The van der Waals surface area contributed by atoms with Crippen LogP contribution in [0.2, 0.25) is 5.28 Å². The molecule has 0 aliphatic heterocycles. The van der Waals surface area contributed by atoms with E-state index in [1.807, 2.05) is 13.0 Å². The summed E-state index contributed by atoms with van der Waals surface area (Å²) in [6.45, 7) is 6.91. The lowest BCUT2D eigenvalue weighted by atomic mass is 9.96. The molecule has 0 saturated carbocycles. The van der Waals surface area contributed by atoms with Gasteiger partial charge in [0.2, 0.25) is 5.28 Å². The third-order valence-electron chi connectivity index (χ3n) is 2.70. The van der Waals surface area contributed by atoms with Gasteiger partial charge < -0.3 is 4.74 Å². The molecule has 1 heterocycles. The molecule has 1 aromatic heterocycles. The summed E-state index contributed by atoms with van der Waals surface area (Å²) < 4.78 is 5.20. The van der Waals surface area contributed by atoms with Gasteiger partial charge in [-0.05, 0) is 37.4 Å². The van der Waals surface area contributed by atoms with Crippen molar-refractivity contribution in [3.05, 3.63) is 29.0 Å². The fraction of sp³-hybridized carbons (Fsp3) is 0.538. The van der Waals surface area contributed by atoms with Crippen LogP contribution in [0.15, 0.2) is 12.5 Å². The van der Waals surface area contributed by atoms with Gasteiger partial charge in [-0.15, -0.1) is 0 Å². The summed E-state index contributed by atoms with van der Waals surface area (Å²) in [5.41, 5.74) is 1.99. The molecule has 0 fully saturated rings. The van der Waals surface area contributed by atoms with Crippen LogP contribution in [0.3, 0.4) is 0 Å². The molecule has 1 aromatic rings.